The highest BCUT2D eigenvalue weighted by atomic mass is 32.2. The molecule has 2 N–H and O–H groups in total. The number of carboxylic acid groups (broad SMARTS) is 1. The molecule has 2 aromatic heterocycles. The number of aromatic nitrogens is 2. The van der Waals surface area contributed by atoms with E-state index in [1.165, 1.54) is 44.4 Å². The fourth-order valence-electron chi connectivity index (χ4n) is 3.81. The standard InChI is InChI=1S/C26H31FN4O6S/c1-16-22(17-8-7-9-19(14-17)38(35,36)30(5)6)23-21(11-10-20(29-23)24(32)33)31(16)15-18(27)12-13-28-25(34)37-26(2,3)4/h7-12,14H,13,15H2,1-6H3,(H,28,34)(H,32,33). The Morgan fingerprint density at radius 1 is 1.21 bits per heavy atom. The summed E-state index contributed by atoms with van der Waals surface area (Å²) in [4.78, 5) is 27.8. The number of hydrogen-bond donors (Lipinski definition) is 2. The molecular formula is C26H31FN4O6S. The number of sulfonamides is 1. The summed E-state index contributed by atoms with van der Waals surface area (Å²) in [6, 6.07) is 9.07. The number of aromatic carboxylic acids is 1. The number of rotatable bonds is 8. The van der Waals surface area contributed by atoms with Crippen LogP contribution in [0.3, 0.4) is 0 Å². The summed E-state index contributed by atoms with van der Waals surface area (Å²) in [5, 5.41) is 11.9. The number of carbonyl (C=O) groups is 2. The van der Waals surface area contributed by atoms with Crippen molar-refractivity contribution in [2.24, 2.45) is 0 Å². The minimum atomic E-state index is -3.74. The van der Waals surface area contributed by atoms with E-state index in [2.05, 4.69) is 10.3 Å². The number of nitrogens with zero attached hydrogens (tertiary/aromatic N) is 3. The van der Waals surface area contributed by atoms with E-state index >= 15 is 0 Å². The second-order valence-corrected chi connectivity index (χ2v) is 11.9. The third-order valence-corrected chi connectivity index (χ3v) is 7.38. The first kappa shape index (κ1) is 28.8. The SMILES string of the molecule is Cc1c(-c2cccc(S(=O)(=O)N(C)C)c2)c2nc(C(=O)O)ccc2n1CC(F)=CCNC(=O)OC(C)(C)C. The zero-order valence-electron chi connectivity index (χ0n) is 22.1. The number of benzene rings is 1. The van der Waals surface area contributed by atoms with Crippen LogP contribution in [0.2, 0.25) is 0 Å². The van der Waals surface area contributed by atoms with Crippen molar-refractivity contribution in [3.8, 4) is 11.1 Å². The van der Waals surface area contributed by atoms with Gasteiger partial charge in [0, 0.05) is 31.9 Å². The van der Waals surface area contributed by atoms with Crippen molar-refractivity contribution in [2.45, 2.75) is 44.7 Å². The second kappa shape index (κ2) is 10.9. The number of allylic oxidation sites excluding steroid dienone is 1. The Morgan fingerprint density at radius 3 is 2.50 bits per heavy atom. The number of carbonyl (C=O) groups excluding carboxylic acids is 1. The fourth-order valence-corrected chi connectivity index (χ4v) is 4.75. The van der Waals surface area contributed by atoms with Crippen LogP contribution in [-0.4, -0.2) is 65.7 Å². The van der Waals surface area contributed by atoms with Crippen LogP contribution in [0.1, 0.15) is 37.0 Å². The minimum absolute atomic E-state index is 0.0500. The van der Waals surface area contributed by atoms with E-state index in [1.54, 1.807) is 44.4 Å². The van der Waals surface area contributed by atoms with E-state index in [-0.39, 0.29) is 23.7 Å². The lowest BCUT2D eigenvalue weighted by molar-refractivity contribution is 0.0533. The van der Waals surface area contributed by atoms with Crippen LogP contribution in [0, 0.1) is 6.92 Å². The predicted molar refractivity (Wildman–Crippen MR) is 141 cm³/mol. The molecule has 0 aliphatic carbocycles. The molecule has 38 heavy (non-hydrogen) atoms. The lowest BCUT2D eigenvalue weighted by Crippen LogP contribution is -2.32. The fraction of sp³-hybridized carbons (Fsp3) is 0.346. The lowest BCUT2D eigenvalue weighted by Gasteiger charge is -2.19. The van der Waals surface area contributed by atoms with Crippen molar-refractivity contribution in [3.63, 3.8) is 0 Å². The number of halogens is 1. The maximum atomic E-state index is 15.0. The van der Waals surface area contributed by atoms with Gasteiger partial charge in [-0.1, -0.05) is 12.1 Å². The molecule has 0 radical (unpaired) electrons. The van der Waals surface area contributed by atoms with E-state index in [0.717, 1.165) is 4.31 Å². The van der Waals surface area contributed by atoms with Crippen LogP contribution < -0.4 is 5.32 Å². The van der Waals surface area contributed by atoms with Gasteiger partial charge in [0.25, 0.3) is 0 Å². The first-order valence-corrected chi connectivity index (χ1v) is 13.1. The number of nitrogens with one attached hydrogen (secondary N) is 1. The van der Waals surface area contributed by atoms with Gasteiger partial charge in [-0.05, 0) is 63.6 Å². The monoisotopic (exact) mass is 546 g/mol. The molecule has 0 bridgehead atoms. The molecular weight excluding hydrogens is 515 g/mol. The summed E-state index contributed by atoms with van der Waals surface area (Å²) >= 11 is 0. The van der Waals surface area contributed by atoms with Crippen LogP contribution in [0.15, 0.2) is 53.2 Å². The van der Waals surface area contributed by atoms with Crippen molar-refractivity contribution < 1.29 is 32.2 Å². The Balaban J connectivity index is 2.05. The van der Waals surface area contributed by atoms with Gasteiger partial charge >= 0.3 is 12.1 Å². The Labute approximate surface area is 220 Å². The highest BCUT2D eigenvalue weighted by Gasteiger charge is 2.23. The lowest BCUT2D eigenvalue weighted by atomic mass is 10.0. The van der Waals surface area contributed by atoms with Crippen molar-refractivity contribution in [1.29, 1.82) is 0 Å². The highest BCUT2D eigenvalue weighted by Crippen LogP contribution is 2.35. The van der Waals surface area contributed by atoms with Gasteiger partial charge in [-0.2, -0.15) is 0 Å². The molecule has 0 unspecified atom stereocenters. The molecule has 12 heteroatoms. The molecule has 2 heterocycles. The third kappa shape index (κ3) is 6.37. The molecule has 204 valence electrons. The summed E-state index contributed by atoms with van der Waals surface area (Å²) < 4.78 is 48.2. The normalized spacial score (nSPS) is 12.7. The quantitative estimate of drug-likeness (QED) is 0.430. The third-order valence-electron chi connectivity index (χ3n) is 5.57. The molecule has 10 nitrogen and oxygen atoms in total. The summed E-state index contributed by atoms with van der Waals surface area (Å²) in [6.45, 7) is 6.55. The number of amides is 1. The van der Waals surface area contributed by atoms with Crippen LogP contribution in [0.25, 0.3) is 22.2 Å². The van der Waals surface area contributed by atoms with Gasteiger partial charge in [0.05, 0.1) is 22.5 Å². The molecule has 0 saturated heterocycles. The summed E-state index contributed by atoms with van der Waals surface area (Å²) in [5.41, 5.74) is 1.39. The topological polar surface area (TPSA) is 131 Å². The van der Waals surface area contributed by atoms with Gasteiger partial charge < -0.3 is 19.7 Å². The molecule has 0 fully saturated rings. The first-order chi connectivity index (χ1) is 17.6. The molecule has 3 aromatic rings. The Morgan fingerprint density at radius 2 is 1.89 bits per heavy atom. The second-order valence-electron chi connectivity index (χ2n) is 9.76. The zero-order chi connectivity index (χ0) is 28.4. The van der Waals surface area contributed by atoms with Crippen molar-refractivity contribution in [3.05, 3.63) is 59.7 Å². The number of alkyl carbamates (subject to hydrolysis) is 1. The summed E-state index contributed by atoms with van der Waals surface area (Å²) in [5.74, 6) is -1.79. The van der Waals surface area contributed by atoms with Crippen molar-refractivity contribution in [1.82, 2.24) is 19.2 Å². The number of hydrogen-bond acceptors (Lipinski definition) is 6. The van der Waals surface area contributed by atoms with Gasteiger partial charge in [0.15, 0.2) is 0 Å². The molecule has 1 amide bonds. The average molecular weight is 547 g/mol. The van der Waals surface area contributed by atoms with Crippen LogP contribution in [-0.2, 0) is 21.3 Å². The van der Waals surface area contributed by atoms with Gasteiger partial charge in [0.2, 0.25) is 10.0 Å². The first-order valence-electron chi connectivity index (χ1n) is 11.7. The predicted octanol–water partition coefficient (Wildman–Crippen LogP) is 4.34. The van der Waals surface area contributed by atoms with E-state index in [9.17, 15) is 27.5 Å². The molecule has 0 saturated carbocycles. The van der Waals surface area contributed by atoms with Crippen molar-refractivity contribution in [2.75, 3.05) is 20.6 Å². The minimum Gasteiger partial charge on any atom is -0.477 e. The molecule has 3 rings (SSSR count). The maximum Gasteiger partial charge on any atom is 0.407 e. The van der Waals surface area contributed by atoms with Crippen LogP contribution >= 0.6 is 0 Å². The smallest absolute Gasteiger partial charge is 0.407 e. The molecule has 0 aliphatic heterocycles. The molecule has 0 atom stereocenters. The number of fused-ring (bicyclic) bond motifs is 1. The van der Waals surface area contributed by atoms with Crippen molar-refractivity contribution >= 4 is 33.1 Å². The van der Waals surface area contributed by atoms with Gasteiger partial charge in [-0.3, -0.25) is 0 Å². The van der Waals surface area contributed by atoms with Gasteiger partial charge in [-0.15, -0.1) is 0 Å². The largest absolute Gasteiger partial charge is 0.477 e. The van der Waals surface area contributed by atoms with E-state index < -0.39 is 33.5 Å². The van der Waals surface area contributed by atoms with E-state index in [0.29, 0.717) is 27.9 Å². The van der Waals surface area contributed by atoms with E-state index in [4.69, 9.17) is 4.74 Å². The Kier molecular flexibility index (Phi) is 8.27. The number of carboxylic acids is 1. The number of pyridine rings is 1. The molecule has 0 spiro atoms. The van der Waals surface area contributed by atoms with Gasteiger partial charge in [0.1, 0.15) is 17.1 Å². The van der Waals surface area contributed by atoms with E-state index in [1.807, 2.05) is 0 Å². The molecule has 0 aliphatic rings. The Bertz CT molecular complexity index is 1520. The average Bonchev–Trinajstić information content (AvgIpc) is 3.08. The highest BCUT2D eigenvalue weighted by molar-refractivity contribution is 7.89. The zero-order valence-corrected chi connectivity index (χ0v) is 22.9. The van der Waals surface area contributed by atoms with Crippen LogP contribution in [0.5, 0.6) is 0 Å². The molecule has 1 aromatic carbocycles. The Hall–Kier alpha value is -3.77. The van der Waals surface area contributed by atoms with Crippen LogP contribution in [0.4, 0.5) is 9.18 Å². The number of ether oxygens (including phenoxy) is 1. The van der Waals surface area contributed by atoms with Gasteiger partial charge in [-0.25, -0.2) is 31.7 Å². The maximum absolute atomic E-state index is 15.0. The summed E-state index contributed by atoms with van der Waals surface area (Å²) in [7, 11) is -0.892. The summed E-state index contributed by atoms with van der Waals surface area (Å²) in [6.07, 6.45) is 0.530.